The Bertz CT molecular complexity index is 2960. The van der Waals surface area contributed by atoms with Crippen molar-refractivity contribution in [3.05, 3.63) is 82.3 Å². The molecule has 1 fully saturated rings. The molecule has 2 aromatic carbocycles. The number of rotatable bonds is 39. The molecule has 11 amide bonds. The molecule has 28 heteroatoms. The summed E-state index contributed by atoms with van der Waals surface area (Å²) < 4.78 is 17.7. The summed E-state index contributed by atoms with van der Waals surface area (Å²) in [6.07, 6.45) is 1.83. The SMILES string of the molecule is CC[C@H](C)[C@@H]([C@@H](CC(=O)N1CCC[C@H]1[C@H](OC)[C@@H](C)C(=O)N[C@@H](Cc1ccccc1)c1nccs1)OC)N(C)C(=O)[C@@H](NC(=O)C(C)(C)NC(=O)OCc1ccc(NC(=O)[C@H](CCCNC(N)=O)NC(=O)[C@@H](NC(=O)[C@H](CCCCN)NC(=O)[C@H](C)O)C(C)C)cc1)C(C)C. The number of amides is 11. The summed E-state index contributed by atoms with van der Waals surface area (Å²) in [7, 11) is 4.68. The number of aromatic nitrogens is 1. The standard InChI is InChI=1S/C67H105N13O14S/c1-14-41(6)55(51(92-12)37-52(82)80-34-21-26-50(80)56(93-13)42(7)57(83)75-49(62-70-33-35-95-62)36-44-22-16-15-17-23-44)79(11)63(88)54(40(4)5)77-64(89)67(9,10)78-66(91)94-38-45-27-29-46(30-28-45)72-59(85)48(25-20-32-71-65(69)90)74-61(87)53(39(2)3)76-60(86)47(24-18-19-31-68)73-58(84)43(8)81/h15-17,22-23,27-30,33,35,39-43,47-51,53-56,81H,14,18-21,24-26,31-32,34,36-38,68H2,1-13H3,(H,72,85)(H,73,84)(H,74,87)(H,75,83)(H,76,86)(H,77,89)(H,78,91)(H3,69,71,90)/t41-,42+,43-,47-,48-,49-,50-,51+,53-,54-,55-,56+/m0/s1. The van der Waals surface area contributed by atoms with E-state index in [1.807, 2.05) is 56.5 Å². The number of unbranched alkanes of at least 4 members (excludes halogenated alkanes) is 1. The number of nitrogens with two attached hydrogens (primary N) is 2. The van der Waals surface area contributed by atoms with E-state index in [-0.39, 0.29) is 62.6 Å². The lowest BCUT2D eigenvalue weighted by Crippen LogP contribution is -2.62. The summed E-state index contributed by atoms with van der Waals surface area (Å²) in [5.74, 6) is -6.06. The van der Waals surface area contributed by atoms with Gasteiger partial charge in [-0.25, -0.2) is 14.6 Å². The van der Waals surface area contributed by atoms with Crippen LogP contribution in [0.25, 0.3) is 0 Å². The number of benzene rings is 2. The number of carbonyl (C=O) groups is 10. The van der Waals surface area contributed by atoms with Crippen LogP contribution in [0.4, 0.5) is 15.3 Å². The minimum atomic E-state index is -1.60. The van der Waals surface area contributed by atoms with Gasteiger partial charge in [0.1, 0.15) is 47.4 Å². The molecule has 13 N–H and O–H groups in total. The molecule has 0 aliphatic carbocycles. The van der Waals surface area contributed by atoms with E-state index in [4.69, 9.17) is 25.7 Å². The van der Waals surface area contributed by atoms with Crippen molar-refractivity contribution >= 4 is 76.4 Å². The smallest absolute Gasteiger partial charge is 0.408 e. The Labute approximate surface area is 563 Å². The number of likely N-dealkylation sites (tertiary alicyclic amines) is 1. The molecule has 2 heterocycles. The molecule has 0 bridgehead atoms. The Kier molecular flexibility index (Phi) is 32.9. The van der Waals surface area contributed by atoms with E-state index in [1.54, 1.807) is 77.2 Å². The molecule has 1 aromatic heterocycles. The zero-order valence-corrected chi connectivity index (χ0v) is 58.3. The number of anilines is 1. The Morgan fingerprint density at radius 1 is 0.768 bits per heavy atom. The highest BCUT2D eigenvalue weighted by molar-refractivity contribution is 7.09. The first-order chi connectivity index (χ1) is 45.0. The zero-order valence-electron chi connectivity index (χ0n) is 57.5. The van der Waals surface area contributed by atoms with Gasteiger partial charge >= 0.3 is 12.1 Å². The summed E-state index contributed by atoms with van der Waals surface area (Å²) in [6.45, 7) is 17.5. The van der Waals surface area contributed by atoms with Crippen LogP contribution in [0.15, 0.2) is 66.2 Å². The van der Waals surface area contributed by atoms with Gasteiger partial charge in [0.05, 0.1) is 42.7 Å². The van der Waals surface area contributed by atoms with Gasteiger partial charge in [-0.1, -0.05) is 97.4 Å². The molecule has 12 atom stereocenters. The van der Waals surface area contributed by atoms with Crippen molar-refractivity contribution in [1.29, 1.82) is 0 Å². The Hall–Kier alpha value is -7.79. The maximum Gasteiger partial charge on any atom is 0.408 e. The fraction of sp³-hybridized carbons (Fsp3) is 0.627. The average molecular weight is 1350 g/mol. The number of aliphatic hydroxyl groups is 1. The van der Waals surface area contributed by atoms with E-state index in [9.17, 15) is 53.1 Å². The van der Waals surface area contributed by atoms with Crippen molar-refractivity contribution in [2.24, 2.45) is 35.1 Å². The number of methoxy groups -OCH3 is 2. The van der Waals surface area contributed by atoms with Crippen LogP contribution in [0, 0.1) is 23.7 Å². The normalized spacial score (nSPS) is 16.6. The number of hydrogen-bond donors (Lipinski definition) is 11. The molecule has 0 spiro atoms. The Morgan fingerprint density at radius 3 is 1.99 bits per heavy atom. The van der Waals surface area contributed by atoms with Gasteiger partial charge in [0.25, 0.3) is 0 Å². The Morgan fingerprint density at radius 2 is 1.41 bits per heavy atom. The summed E-state index contributed by atoms with van der Waals surface area (Å²) in [5.41, 5.74) is 11.1. The van der Waals surface area contributed by atoms with Crippen LogP contribution in [0.2, 0.25) is 0 Å². The van der Waals surface area contributed by atoms with Gasteiger partial charge in [0.2, 0.25) is 47.3 Å². The van der Waals surface area contributed by atoms with E-state index in [0.29, 0.717) is 62.9 Å². The van der Waals surface area contributed by atoms with E-state index in [2.05, 4.69) is 47.5 Å². The minimum absolute atomic E-state index is 0.0375. The maximum atomic E-state index is 14.7. The molecule has 1 aliphatic heterocycles. The van der Waals surface area contributed by atoms with Crippen LogP contribution in [-0.2, 0) is 65.6 Å². The number of hydrogen-bond acceptors (Lipinski definition) is 17. The van der Waals surface area contributed by atoms with Gasteiger partial charge in [-0.3, -0.25) is 38.4 Å². The molecular weight excluding hydrogens is 1240 g/mol. The van der Waals surface area contributed by atoms with Gasteiger partial charge in [0, 0.05) is 51.6 Å². The van der Waals surface area contributed by atoms with Crippen LogP contribution in [0.1, 0.15) is 149 Å². The second-order valence-electron chi connectivity index (χ2n) is 25.7. The summed E-state index contributed by atoms with van der Waals surface area (Å²) in [6, 6.07) is 9.42. The molecule has 0 saturated carbocycles. The zero-order chi connectivity index (χ0) is 70.7. The van der Waals surface area contributed by atoms with Gasteiger partial charge in [-0.15, -0.1) is 11.3 Å². The van der Waals surface area contributed by atoms with Crippen molar-refractivity contribution < 1.29 is 67.3 Å². The Balaban J connectivity index is 1.38. The number of thiazole rings is 1. The monoisotopic (exact) mass is 1350 g/mol. The van der Waals surface area contributed by atoms with Crippen LogP contribution in [0.5, 0.6) is 0 Å². The number of nitrogens with one attached hydrogen (secondary N) is 8. The quantitative estimate of drug-likeness (QED) is 0.0354. The van der Waals surface area contributed by atoms with Crippen LogP contribution < -0.4 is 54.0 Å². The number of primary amides is 1. The third kappa shape index (κ3) is 24.7. The van der Waals surface area contributed by atoms with E-state index >= 15 is 0 Å². The molecule has 0 unspecified atom stereocenters. The largest absolute Gasteiger partial charge is 0.445 e. The highest BCUT2D eigenvalue weighted by Crippen LogP contribution is 2.31. The van der Waals surface area contributed by atoms with Gasteiger partial charge in [0.15, 0.2) is 0 Å². The lowest BCUT2D eigenvalue weighted by atomic mass is 9.89. The predicted octanol–water partition coefficient (Wildman–Crippen LogP) is 4.32. The van der Waals surface area contributed by atoms with Crippen LogP contribution in [-0.4, -0.2) is 180 Å². The van der Waals surface area contributed by atoms with Crippen LogP contribution in [0.3, 0.4) is 0 Å². The number of likely N-dealkylation sites (N-methyl/N-ethyl adjacent to an activating group) is 1. The molecule has 3 aromatic rings. The van der Waals surface area contributed by atoms with Crippen molar-refractivity contribution in [3.8, 4) is 0 Å². The molecular formula is C67H105N13O14S. The van der Waals surface area contributed by atoms with E-state index in [1.165, 1.54) is 44.1 Å². The first kappa shape index (κ1) is 79.6. The highest BCUT2D eigenvalue weighted by atomic mass is 32.1. The number of urea groups is 1. The van der Waals surface area contributed by atoms with Crippen molar-refractivity contribution in [1.82, 2.24) is 52.0 Å². The molecule has 4 rings (SSSR count). The fourth-order valence-electron chi connectivity index (χ4n) is 11.4. The predicted molar refractivity (Wildman–Crippen MR) is 361 cm³/mol. The van der Waals surface area contributed by atoms with E-state index in [0.717, 1.165) is 10.6 Å². The first-order valence-corrected chi connectivity index (χ1v) is 33.7. The minimum Gasteiger partial charge on any atom is -0.445 e. The van der Waals surface area contributed by atoms with Gasteiger partial charge < -0.3 is 83.1 Å². The lowest BCUT2D eigenvalue weighted by molar-refractivity contribution is -0.148. The molecule has 0 radical (unpaired) electrons. The summed E-state index contributed by atoms with van der Waals surface area (Å²) in [5, 5.41) is 34.2. The van der Waals surface area contributed by atoms with Crippen molar-refractivity contribution in [3.63, 3.8) is 0 Å². The average Bonchev–Trinajstić information content (AvgIpc) is 1.81. The number of ether oxygens (including phenoxy) is 3. The van der Waals surface area contributed by atoms with Crippen molar-refractivity contribution in [2.75, 3.05) is 46.2 Å². The topological polar surface area (TPSA) is 386 Å². The third-order valence-corrected chi connectivity index (χ3v) is 18.1. The summed E-state index contributed by atoms with van der Waals surface area (Å²) in [4.78, 5) is 144. The molecule has 1 aliphatic rings. The third-order valence-electron chi connectivity index (χ3n) is 17.2. The first-order valence-electron chi connectivity index (χ1n) is 32.8. The number of alkyl carbamates (subject to hydrolysis) is 1. The van der Waals surface area contributed by atoms with Gasteiger partial charge in [-0.05, 0) is 120 Å². The number of aliphatic hydroxyl groups excluding tert-OH is 1. The van der Waals surface area contributed by atoms with Crippen molar-refractivity contribution in [2.45, 2.75) is 206 Å². The molecule has 1 saturated heterocycles. The molecule has 27 nitrogen and oxygen atoms in total. The molecule has 95 heavy (non-hydrogen) atoms. The maximum absolute atomic E-state index is 14.7. The lowest BCUT2D eigenvalue weighted by Gasteiger charge is -2.41. The number of nitrogens with zero attached hydrogens (tertiary/aromatic N) is 3. The number of carbonyl (C=O) groups excluding carboxylic acids is 10. The second-order valence-corrected chi connectivity index (χ2v) is 26.6. The van der Waals surface area contributed by atoms with E-state index < -0.39 is 125 Å². The van der Waals surface area contributed by atoms with Crippen LogP contribution >= 0.6 is 11.3 Å². The highest BCUT2D eigenvalue weighted by Gasteiger charge is 2.44. The van der Waals surface area contributed by atoms with Gasteiger partial charge in [-0.2, -0.15) is 0 Å². The molecule has 528 valence electrons. The second kappa shape index (κ2) is 39.3. The summed E-state index contributed by atoms with van der Waals surface area (Å²) >= 11 is 1.47. The fourth-order valence-corrected chi connectivity index (χ4v) is 12.1.